The van der Waals surface area contributed by atoms with E-state index < -0.39 is 10.2 Å². The topological polar surface area (TPSA) is 116 Å². The van der Waals surface area contributed by atoms with Crippen LogP contribution < -0.4 is 5.32 Å². The molecule has 9 nitrogen and oxygen atoms in total. The molecule has 0 aliphatic rings. The zero-order chi connectivity index (χ0) is 19.2. The van der Waals surface area contributed by atoms with Gasteiger partial charge in [-0.2, -0.15) is 0 Å². The summed E-state index contributed by atoms with van der Waals surface area (Å²) in [5.41, 5.74) is 1.32. The van der Waals surface area contributed by atoms with Crippen molar-refractivity contribution < 1.29 is 9.72 Å². The molecule has 0 aliphatic heterocycles. The second-order valence-electron chi connectivity index (χ2n) is 5.66. The molecule has 0 bridgehead atoms. The Morgan fingerprint density at radius 3 is 2.78 bits per heavy atom. The SMILES string of the molecule is CC(Sc1nnnn1Cc1ccccc1)C(=O)Nc1cccc([N+](=O)[O-])c1. The zero-order valence-corrected chi connectivity index (χ0v) is 15.2. The fraction of sp³-hybridized carbons (Fsp3) is 0.176. The lowest BCUT2D eigenvalue weighted by Gasteiger charge is -2.11. The van der Waals surface area contributed by atoms with Crippen molar-refractivity contribution in [3.8, 4) is 0 Å². The van der Waals surface area contributed by atoms with Crippen molar-refractivity contribution in [2.75, 3.05) is 5.32 Å². The summed E-state index contributed by atoms with van der Waals surface area (Å²) in [5.74, 6) is -0.297. The molecule has 0 spiro atoms. The molecule has 2 aromatic carbocycles. The van der Waals surface area contributed by atoms with Gasteiger partial charge >= 0.3 is 0 Å². The molecule has 1 amide bonds. The lowest BCUT2D eigenvalue weighted by Crippen LogP contribution is -2.23. The van der Waals surface area contributed by atoms with E-state index in [0.29, 0.717) is 17.4 Å². The number of hydrogen-bond acceptors (Lipinski definition) is 7. The molecule has 1 heterocycles. The van der Waals surface area contributed by atoms with Crippen molar-refractivity contribution in [1.29, 1.82) is 0 Å². The standard InChI is InChI=1S/C17H16N6O3S/c1-12(16(24)18-14-8-5-9-15(10-14)23(25)26)27-17-19-20-21-22(17)11-13-6-3-2-4-7-13/h2-10,12H,11H2,1H3,(H,18,24). The lowest BCUT2D eigenvalue weighted by atomic mass is 10.2. The molecule has 1 unspecified atom stereocenters. The highest BCUT2D eigenvalue weighted by molar-refractivity contribution is 8.00. The van der Waals surface area contributed by atoms with E-state index in [1.54, 1.807) is 17.7 Å². The van der Waals surface area contributed by atoms with Gasteiger partial charge in [-0.1, -0.05) is 48.2 Å². The summed E-state index contributed by atoms with van der Waals surface area (Å²) in [6.07, 6.45) is 0. The van der Waals surface area contributed by atoms with Gasteiger partial charge in [-0.3, -0.25) is 14.9 Å². The van der Waals surface area contributed by atoms with Gasteiger partial charge in [0.1, 0.15) is 0 Å². The van der Waals surface area contributed by atoms with E-state index >= 15 is 0 Å². The van der Waals surface area contributed by atoms with E-state index in [1.165, 1.54) is 30.0 Å². The molecule has 0 fully saturated rings. The minimum absolute atomic E-state index is 0.0834. The molecule has 1 aromatic heterocycles. The maximum Gasteiger partial charge on any atom is 0.271 e. The average Bonchev–Trinajstić information content (AvgIpc) is 3.09. The normalized spacial score (nSPS) is 11.7. The van der Waals surface area contributed by atoms with Crippen molar-refractivity contribution in [3.63, 3.8) is 0 Å². The molecule has 0 radical (unpaired) electrons. The Morgan fingerprint density at radius 1 is 1.26 bits per heavy atom. The second-order valence-corrected chi connectivity index (χ2v) is 6.97. The number of benzene rings is 2. The van der Waals surface area contributed by atoms with Crippen LogP contribution in [0.5, 0.6) is 0 Å². The molecular formula is C17H16N6O3S. The number of non-ortho nitro benzene ring substituents is 1. The fourth-order valence-electron chi connectivity index (χ4n) is 2.29. The largest absolute Gasteiger partial charge is 0.325 e. The third-order valence-corrected chi connectivity index (χ3v) is 4.72. The predicted octanol–water partition coefficient (Wildman–Crippen LogP) is 2.75. The van der Waals surface area contributed by atoms with Crippen molar-refractivity contribution >= 4 is 29.0 Å². The first kappa shape index (κ1) is 18.5. The quantitative estimate of drug-likeness (QED) is 0.378. The fourth-order valence-corrected chi connectivity index (χ4v) is 3.08. The zero-order valence-electron chi connectivity index (χ0n) is 14.3. The molecule has 3 rings (SSSR count). The van der Waals surface area contributed by atoms with Crippen LogP contribution in [0.3, 0.4) is 0 Å². The first-order valence-corrected chi connectivity index (χ1v) is 8.93. The number of carbonyl (C=O) groups is 1. The van der Waals surface area contributed by atoms with Crippen molar-refractivity contribution in [3.05, 3.63) is 70.3 Å². The van der Waals surface area contributed by atoms with Crippen LogP contribution in [0, 0.1) is 10.1 Å². The number of anilines is 1. The Kier molecular flexibility index (Phi) is 5.77. The first-order valence-electron chi connectivity index (χ1n) is 8.05. The summed E-state index contributed by atoms with van der Waals surface area (Å²) in [4.78, 5) is 22.7. The van der Waals surface area contributed by atoms with Gasteiger partial charge in [-0.25, -0.2) is 4.68 Å². The van der Waals surface area contributed by atoms with Gasteiger partial charge in [-0.05, 0) is 29.0 Å². The number of aromatic nitrogens is 4. The van der Waals surface area contributed by atoms with Gasteiger partial charge in [-0.15, -0.1) is 5.10 Å². The molecule has 1 atom stereocenters. The highest BCUT2D eigenvalue weighted by atomic mass is 32.2. The second kappa shape index (κ2) is 8.41. The van der Waals surface area contributed by atoms with E-state index in [0.717, 1.165) is 5.56 Å². The van der Waals surface area contributed by atoms with Gasteiger partial charge in [0, 0.05) is 17.8 Å². The van der Waals surface area contributed by atoms with Crippen LogP contribution in [-0.2, 0) is 11.3 Å². The van der Waals surface area contributed by atoms with Crippen LogP contribution in [0.2, 0.25) is 0 Å². The number of tetrazole rings is 1. The maximum absolute atomic E-state index is 12.4. The third kappa shape index (κ3) is 4.88. The van der Waals surface area contributed by atoms with E-state index in [1.807, 2.05) is 30.3 Å². The number of thioether (sulfide) groups is 1. The molecule has 1 N–H and O–H groups in total. The highest BCUT2D eigenvalue weighted by Crippen LogP contribution is 2.23. The minimum Gasteiger partial charge on any atom is -0.325 e. The Labute approximate surface area is 158 Å². The first-order chi connectivity index (χ1) is 13.0. The Hall–Kier alpha value is -3.27. The van der Waals surface area contributed by atoms with Gasteiger partial charge in [0.2, 0.25) is 11.1 Å². The molecular weight excluding hydrogens is 368 g/mol. The monoisotopic (exact) mass is 384 g/mol. The molecule has 0 aliphatic carbocycles. The van der Waals surface area contributed by atoms with E-state index in [9.17, 15) is 14.9 Å². The van der Waals surface area contributed by atoms with Crippen molar-refractivity contribution in [2.24, 2.45) is 0 Å². The number of amides is 1. The Balaban J connectivity index is 1.64. The number of hydrogen-bond donors (Lipinski definition) is 1. The molecule has 138 valence electrons. The van der Waals surface area contributed by atoms with Crippen LogP contribution in [0.15, 0.2) is 59.8 Å². The van der Waals surface area contributed by atoms with E-state index in [4.69, 9.17) is 0 Å². The number of nitro groups is 1. The predicted molar refractivity (Wildman–Crippen MR) is 100 cm³/mol. The summed E-state index contributed by atoms with van der Waals surface area (Å²) in [5, 5.41) is 25.2. The van der Waals surface area contributed by atoms with Crippen molar-refractivity contribution in [1.82, 2.24) is 20.2 Å². The third-order valence-electron chi connectivity index (χ3n) is 3.65. The van der Waals surface area contributed by atoms with E-state index in [2.05, 4.69) is 20.8 Å². The summed E-state index contributed by atoms with van der Waals surface area (Å²) in [6, 6.07) is 15.5. The number of nitrogens with zero attached hydrogens (tertiary/aromatic N) is 5. The minimum atomic E-state index is -0.508. The number of rotatable bonds is 7. The van der Waals surface area contributed by atoms with Crippen LogP contribution in [0.1, 0.15) is 12.5 Å². The molecule has 10 heteroatoms. The van der Waals surface area contributed by atoms with Crippen molar-refractivity contribution in [2.45, 2.75) is 23.9 Å². The average molecular weight is 384 g/mol. The molecule has 27 heavy (non-hydrogen) atoms. The van der Waals surface area contributed by atoms with E-state index in [-0.39, 0.29) is 11.6 Å². The highest BCUT2D eigenvalue weighted by Gasteiger charge is 2.19. The molecule has 0 saturated heterocycles. The van der Waals surface area contributed by atoms with Crippen LogP contribution in [-0.4, -0.2) is 36.3 Å². The summed E-state index contributed by atoms with van der Waals surface area (Å²) >= 11 is 1.21. The van der Waals surface area contributed by atoms with Crippen LogP contribution in [0.4, 0.5) is 11.4 Å². The Morgan fingerprint density at radius 2 is 2.04 bits per heavy atom. The summed E-state index contributed by atoms with van der Waals surface area (Å²) < 4.78 is 1.62. The summed E-state index contributed by atoms with van der Waals surface area (Å²) in [7, 11) is 0. The van der Waals surface area contributed by atoms with Gasteiger partial charge < -0.3 is 5.32 Å². The summed E-state index contributed by atoms with van der Waals surface area (Å²) in [6.45, 7) is 2.22. The Bertz CT molecular complexity index is 947. The van der Waals surface area contributed by atoms with Gasteiger partial charge in [0.15, 0.2) is 0 Å². The van der Waals surface area contributed by atoms with Crippen LogP contribution in [0.25, 0.3) is 0 Å². The number of nitro benzene ring substituents is 1. The maximum atomic E-state index is 12.4. The number of carbonyl (C=O) groups excluding carboxylic acids is 1. The smallest absolute Gasteiger partial charge is 0.271 e. The lowest BCUT2D eigenvalue weighted by molar-refractivity contribution is -0.384. The van der Waals surface area contributed by atoms with Gasteiger partial charge in [0.25, 0.3) is 5.69 Å². The molecule has 0 saturated carbocycles. The number of nitrogens with one attached hydrogen (secondary N) is 1. The van der Waals surface area contributed by atoms with Gasteiger partial charge in [0.05, 0.1) is 16.7 Å². The molecule has 3 aromatic rings. The van der Waals surface area contributed by atoms with Crippen LogP contribution >= 0.6 is 11.8 Å².